The molecule has 0 spiro atoms. The van der Waals surface area contributed by atoms with Crippen LogP contribution in [-0.4, -0.2) is 28.5 Å². The van der Waals surface area contributed by atoms with Crippen LogP contribution in [-0.2, 0) is 12.3 Å². The second-order valence-corrected chi connectivity index (χ2v) is 6.66. The van der Waals surface area contributed by atoms with Crippen molar-refractivity contribution in [2.24, 2.45) is 0 Å². The minimum Gasteiger partial charge on any atom is -0.496 e. The first-order valence-electron chi connectivity index (χ1n) is 8.46. The molecule has 146 valence electrons. The van der Waals surface area contributed by atoms with E-state index in [1.807, 2.05) is 28.8 Å². The quantitative estimate of drug-likeness (QED) is 0.370. The number of alkyl halides is 2. The van der Waals surface area contributed by atoms with Crippen LogP contribution in [0.25, 0.3) is 11.4 Å². The van der Waals surface area contributed by atoms with Gasteiger partial charge in [-0.3, -0.25) is 4.57 Å². The van der Waals surface area contributed by atoms with Gasteiger partial charge in [-0.2, -0.15) is 8.78 Å². The Morgan fingerprint density at radius 2 is 1.89 bits per heavy atom. The molecule has 0 N–H and O–H groups in total. The van der Waals surface area contributed by atoms with Gasteiger partial charge in [0.15, 0.2) is 11.0 Å². The van der Waals surface area contributed by atoms with E-state index >= 15 is 0 Å². The molecular weight excluding hydrogens is 384 g/mol. The summed E-state index contributed by atoms with van der Waals surface area (Å²) in [4.78, 5) is 0. The predicted molar refractivity (Wildman–Crippen MR) is 105 cm³/mol. The molecule has 0 aliphatic rings. The molecule has 0 amide bonds. The van der Waals surface area contributed by atoms with E-state index in [2.05, 4.69) is 21.5 Å². The van der Waals surface area contributed by atoms with Crippen LogP contribution in [0.15, 0.2) is 66.3 Å². The Morgan fingerprint density at radius 1 is 1.14 bits per heavy atom. The fourth-order valence-corrected chi connectivity index (χ4v) is 3.54. The van der Waals surface area contributed by atoms with Gasteiger partial charge in [0.2, 0.25) is 0 Å². The Kier molecular flexibility index (Phi) is 6.65. The van der Waals surface area contributed by atoms with Gasteiger partial charge in [0.1, 0.15) is 11.5 Å². The minimum atomic E-state index is -2.83. The van der Waals surface area contributed by atoms with Gasteiger partial charge in [0.25, 0.3) is 0 Å². The molecule has 0 aliphatic heterocycles. The van der Waals surface area contributed by atoms with Crippen LogP contribution in [0.4, 0.5) is 8.78 Å². The molecule has 0 aliphatic carbocycles. The molecule has 0 radical (unpaired) electrons. The van der Waals surface area contributed by atoms with Crippen molar-refractivity contribution in [1.82, 2.24) is 14.8 Å². The van der Waals surface area contributed by atoms with E-state index in [0.29, 0.717) is 23.9 Å². The third-order valence-electron chi connectivity index (χ3n) is 3.89. The van der Waals surface area contributed by atoms with E-state index in [0.717, 1.165) is 16.3 Å². The number of hydrogen-bond acceptors (Lipinski definition) is 5. The lowest BCUT2D eigenvalue weighted by molar-refractivity contribution is -0.0498. The van der Waals surface area contributed by atoms with Crippen LogP contribution in [0.2, 0.25) is 0 Å². The summed E-state index contributed by atoms with van der Waals surface area (Å²) in [7, 11) is 1.62. The number of nitrogens with zero attached hydrogens (tertiary/aromatic N) is 3. The summed E-state index contributed by atoms with van der Waals surface area (Å²) in [5.41, 5.74) is 1.80. The van der Waals surface area contributed by atoms with Crippen LogP contribution in [0.3, 0.4) is 0 Å². The second-order valence-electron chi connectivity index (χ2n) is 5.72. The molecule has 0 atom stereocenters. The highest BCUT2D eigenvalue weighted by atomic mass is 32.2. The fraction of sp³-hybridized carbons (Fsp3) is 0.200. The fourth-order valence-electron chi connectivity index (χ4n) is 2.63. The van der Waals surface area contributed by atoms with Gasteiger partial charge < -0.3 is 9.47 Å². The lowest BCUT2D eigenvalue weighted by Crippen LogP contribution is -2.02. The molecule has 8 heteroatoms. The van der Waals surface area contributed by atoms with Gasteiger partial charge in [-0.1, -0.05) is 42.1 Å². The molecule has 0 unspecified atom stereocenters. The van der Waals surface area contributed by atoms with Crippen LogP contribution in [0.5, 0.6) is 11.5 Å². The average molecular weight is 403 g/mol. The summed E-state index contributed by atoms with van der Waals surface area (Å²) >= 11 is 1.50. The van der Waals surface area contributed by atoms with Gasteiger partial charge in [0, 0.05) is 12.3 Å². The van der Waals surface area contributed by atoms with E-state index in [-0.39, 0.29) is 5.75 Å². The minimum absolute atomic E-state index is 0.136. The van der Waals surface area contributed by atoms with E-state index in [1.54, 1.807) is 25.3 Å². The zero-order valence-corrected chi connectivity index (χ0v) is 16.0. The zero-order chi connectivity index (χ0) is 19.9. The lowest BCUT2D eigenvalue weighted by atomic mass is 10.2. The maximum Gasteiger partial charge on any atom is 0.387 e. The number of ether oxygens (including phenoxy) is 2. The van der Waals surface area contributed by atoms with Crippen molar-refractivity contribution < 1.29 is 18.3 Å². The number of hydrogen-bond donors (Lipinski definition) is 0. The maximum absolute atomic E-state index is 12.2. The molecule has 1 aromatic heterocycles. The Bertz CT molecular complexity index is 929. The van der Waals surface area contributed by atoms with Crippen molar-refractivity contribution >= 4 is 11.8 Å². The Balaban J connectivity index is 1.79. The number of methoxy groups -OCH3 is 1. The average Bonchev–Trinajstić information content (AvgIpc) is 3.10. The summed E-state index contributed by atoms with van der Waals surface area (Å²) in [5.74, 6) is 2.15. The smallest absolute Gasteiger partial charge is 0.387 e. The van der Waals surface area contributed by atoms with Crippen LogP contribution in [0, 0.1) is 0 Å². The molecule has 3 aromatic rings. The topological polar surface area (TPSA) is 49.2 Å². The van der Waals surface area contributed by atoms with E-state index in [4.69, 9.17) is 4.74 Å². The molecule has 28 heavy (non-hydrogen) atoms. The Labute approximate surface area is 166 Å². The predicted octanol–water partition coefficient (Wildman–Crippen LogP) is 5.03. The maximum atomic E-state index is 12.2. The summed E-state index contributed by atoms with van der Waals surface area (Å²) in [6.07, 6.45) is 1.78. The van der Waals surface area contributed by atoms with Crippen molar-refractivity contribution in [2.45, 2.75) is 24.1 Å². The molecule has 0 bridgehead atoms. The summed E-state index contributed by atoms with van der Waals surface area (Å²) in [6.45, 7) is 1.53. The molecule has 1 heterocycles. The van der Waals surface area contributed by atoms with Gasteiger partial charge in [-0.25, -0.2) is 0 Å². The monoisotopic (exact) mass is 403 g/mol. The van der Waals surface area contributed by atoms with Crippen LogP contribution >= 0.6 is 11.8 Å². The zero-order valence-electron chi connectivity index (χ0n) is 15.2. The van der Waals surface area contributed by atoms with Crippen LogP contribution in [0.1, 0.15) is 5.56 Å². The van der Waals surface area contributed by atoms with Gasteiger partial charge >= 0.3 is 6.61 Å². The first-order chi connectivity index (χ1) is 13.6. The number of rotatable bonds is 9. The molecule has 0 saturated heterocycles. The number of aromatic nitrogens is 3. The van der Waals surface area contributed by atoms with Crippen molar-refractivity contribution in [3.8, 4) is 22.9 Å². The normalized spacial score (nSPS) is 10.9. The molecule has 0 fully saturated rings. The Morgan fingerprint density at radius 3 is 2.57 bits per heavy atom. The summed E-state index contributed by atoms with van der Waals surface area (Å²) in [6, 6.07) is 14.2. The Hall–Kier alpha value is -2.87. The highest BCUT2D eigenvalue weighted by molar-refractivity contribution is 7.98. The standard InChI is InChI=1S/C20H19F2N3O2S/c1-3-12-25-18(16-6-4-5-7-17(16)26-2)23-24-20(25)28-13-14-8-10-15(11-9-14)27-19(21)22/h3-11,19H,1,12-13H2,2H3. The van der Waals surface area contributed by atoms with Crippen molar-refractivity contribution in [1.29, 1.82) is 0 Å². The third kappa shape index (κ3) is 4.69. The van der Waals surface area contributed by atoms with Crippen molar-refractivity contribution in [3.63, 3.8) is 0 Å². The van der Waals surface area contributed by atoms with E-state index in [9.17, 15) is 8.78 Å². The lowest BCUT2D eigenvalue weighted by Gasteiger charge is -2.10. The highest BCUT2D eigenvalue weighted by Crippen LogP contribution is 2.32. The molecule has 5 nitrogen and oxygen atoms in total. The third-order valence-corrected chi connectivity index (χ3v) is 4.93. The van der Waals surface area contributed by atoms with E-state index in [1.165, 1.54) is 23.9 Å². The van der Waals surface area contributed by atoms with Crippen molar-refractivity contribution in [2.75, 3.05) is 7.11 Å². The highest BCUT2D eigenvalue weighted by Gasteiger charge is 2.16. The molecule has 3 rings (SSSR count). The summed E-state index contributed by atoms with van der Waals surface area (Å²) < 4.78 is 36.2. The second kappa shape index (κ2) is 9.36. The van der Waals surface area contributed by atoms with Gasteiger partial charge in [-0.15, -0.1) is 16.8 Å². The number of allylic oxidation sites excluding steroid dienone is 1. The SMILES string of the molecule is C=CCn1c(SCc2ccc(OC(F)F)cc2)nnc1-c1ccccc1OC. The number of benzene rings is 2. The summed E-state index contributed by atoms with van der Waals surface area (Å²) in [5, 5.41) is 9.37. The largest absolute Gasteiger partial charge is 0.496 e. The molecule has 0 saturated carbocycles. The van der Waals surface area contributed by atoms with Crippen molar-refractivity contribution in [3.05, 3.63) is 66.7 Å². The van der Waals surface area contributed by atoms with E-state index < -0.39 is 6.61 Å². The van der Waals surface area contributed by atoms with Gasteiger partial charge in [0.05, 0.1) is 12.7 Å². The van der Waals surface area contributed by atoms with Gasteiger partial charge in [-0.05, 0) is 29.8 Å². The number of para-hydroxylation sites is 1. The van der Waals surface area contributed by atoms with Crippen LogP contribution < -0.4 is 9.47 Å². The molecular formula is C20H19F2N3O2S. The number of halogens is 2. The first-order valence-corrected chi connectivity index (χ1v) is 9.45. The molecule has 2 aromatic carbocycles. The first kappa shape index (κ1) is 19.9. The number of thioether (sulfide) groups is 1.